The topological polar surface area (TPSA) is 55.1 Å². The van der Waals surface area contributed by atoms with Crippen molar-refractivity contribution in [3.05, 3.63) is 35.4 Å². The summed E-state index contributed by atoms with van der Waals surface area (Å²) in [5, 5.41) is 3.06. The Morgan fingerprint density at radius 2 is 2.10 bits per heavy atom. The van der Waals surface area contributed by atoms with Crippen molar-refractivity contribution in [3.63, 3.8) is 0 Å². The van der Waals surface area contributed by atoms with Gasteiger partial charge in [-0.1, -0.05) is 31.2 Å². The maximum atomic E-state index is 11.9. The Balaban J connectivity index is 0.00000200. The molecular formula is C16H25ClN2O. The van der Waals surface area contributed by atoms with Crippen LogP contribution >= 0.6 is 12.4 Å². The van der Waals surface area contributed by atoms with Gasteiger partial charge in [0.1, 0.15) is 0 Å². The molecule has 0 saturated heterocycles. The van der Waals surface area contributed by atoms with E-state index in [0.29, 0.717) is 5.92 Å². The number of hydrogen-bond donors (Lipinski definition) is 2. The first-order chi connectivity index (χ1) is 9.09. The lowest BCUT2D eigenvalue weighted by Gasteiger charge is -2.26. The number of carbonyl (C=O) groups is 1. The lowest BCUT2D eigenvalue weighted by molar-refractivity contribution is -0.125. The summed E-state index contributed by atoms with van der Waals surface area (Å²) >= 11 is 0. The summed E-state index contributed by atoms with van der Waals surface area (Å²) in [7, 11) is 0. The minimum Gasteiger partial charge on any atom is -0.355 e. The van der Waals surface area contributed by atoms with Gasteiger partial charge in [-0.05, 0) is 37.3 Å². The average molecular weight is 297 g/mol. The molecule has 0 heterocycles. The molecule has 3 N–H and O–H groups in total. The van der Waals surface area contributed by atoms with E-state index in [2.05, 4.69) is 29.6 Å². The number of fused-ring (bicyclic) bond motifs is 1. The molecule has 0 aromatic heterocycles. The molecule has 1 aliphatic rings. The van der Waals surface area contributed by atoms with Gasteiger partial charge in [0.2, 0.25) is 5.91 Å². The van der Waals surface area contributed by atoms with E-state index in [9.17, 15) is 4.79 Å². The molecule has 0 radical (unpaired) electrons. The van der Waals surface area contributed by atoms with Gasteiger partial charge in [0, 0.05) is 24.4 Å². The first-order valence-electron chi connectivity index (χ1n) is 7.20. The van der Waals surface area contributed by atoms with Crippen LogP contribution in [0.5, 0.6) is 0 Å². The highest BCUT2D eigenvalue weighted by molar-refractivity contribution is 5.85. The average Bonchev–Trinajstić information content (AvgIpc) is 2.43. The number of hydrogen-bond acceptors (Lipinski definition) is 2. The summed E-state index contributed by atoms with van der Waals surface area (Å²) in [6.45, 7) is 4.49. The summed E-state index contributed by atoms with van der Waals surface area (Å²) in [6, 6.07) is 8.48. The highest BCUT2D eigenvalue weighted by Crippen LogP contribution is 2.30. The second-order valence-corrected chi connectivity index (χ2v) is 5.68. The summed E-state index contributed by atoms with van der Waals surface area (Å²) < 4.78 is 0. The van der Waals surface area contributed by atoms with Crippen LogP contribution < -0.4 is 11.1 Å². The van der Waals surface area contributed by atoms with Crippen molar-refractivity contribution in [2.45, 2.75) is 45.1 Å². The molecule has 0 aliphatic heterocycles. The van der Waals surface area contributed by atoms with Gasteiger partial charge < -0.3 is 11.1 Å². The molecule has 1 aliphatic carbocycles. The molecule has 0 spiro atoms. The van der Waals surface area contributed by atoms with Crippen molar-refractivity contribution >= 4 is 18.3 Å². The van der Waals surface area contributed by atoms with E-state index in [0.717, 1.165) is 19.4 Å². The summed E-state index contributed by atoms with van der Waals surface area (Å²) in [4.78, 5) is 11.9. The van der Waals surface area contributed by atoms with E-state index in [1.807, 2.05) is 13.8 Å². The van der Waals surface area contributed by atoms with Crippen molar-refractivity contribution in [1.29, 1.82) is 0 Å². The second kappa shape index (κ2) is 7.65. The van der Waals surface area contributed by atoms with Crippen molar-refractivity contribution in [1.82, 2.24) is 5.32 Å². The van der Waals surface area contributed by atoms with Gasteiger partial charge in [0.05, 0.1) is 0 Å². The third kappa shape index (κ3) is 3.97. The standard InChI is InChI=1S/C16H24N2O.ClH/c1-11(12(2)17)16(19)18-10-14-8-5-7-13-6-3-4-9-15(13)14;/h3-4,6,9,11-12,14H,5,7-8,10,17H2,1-2H3,(H,18,19);1H. The third-order valence-corrected chi connectivity index (χ3v) is 4.22. The minimum absolute atomic E-state index is 0. The van der Waals surface area contributed by atoms with Gasteiger partial charge >= 0.3 is 0 Å². The number of nitrogens with two attached hydrogens (primary N) is 1. The van der Waals surface area contributed by atoms with Crippen LogP contribution in [0.2, 0.25) is 0 Å². The van der Waals surface area contributed by atoms with E-state index < -0.39 is 0 Å². The first-order valence-corrected chi connectivity index (χ1v) is 7.20. The Bertz CT molecular complexity index is 448. The van der Waals surface area contributed by atoms with Crippen LogP contribution in [0.4, 0.5) is 0 Å². The molecular weight excluding hydrogens is 272 g/mol. The highest BCUT2D eigenvalue weighted by atomic mass is 35.5. The number of benzene rings is 1. The van der Waals surface area contributed by atoms with E-state index in [1.165, 1.54) is 17.5 Å². The molecule has 2 rings (SSSR count). The summed E-state index contributed by atoms with van der Waals surface area (Å²) in [5.74, 6) is 0.395. The summed E-state index contributed by atoms with van der Waals surface area (Å²) in [6.07, 6.45) is 3.53. The molecule has 1 amide bonds. The van der Waals surface area contributed by atoms with E-state index in [1.54, 1.807) is 0 Å². The molecule has 1 aromatic rings. The van der Waals surface area contributed by atoms with Crippen molar-refractivity contribution < 1.29 is 4.79 Å². The lowest BCUT2D eigenvalue weighted by Crippen LogP contribution is -2.40. The number of rotatable bonds is 4. The van der Waals surface area contributed by atoms with Gasteiger partial charge in [-0.3, -0.25) is 4.79 Å². The Morgan fingerprint density at radius 3 is 2.80 bits per heavy atom. The van der Waals surface area contributed by atoms with Crippen LogP contribution in [-0.2, 0) is 11.2 Å². The van der Waals surface area contributed by atoms with Crippen LogP contribution in [-0.4, -0.2) is 18.5 Å². The number of amides is 1. The summed E-state index contributed by atoms with van der Waals surface area (Å²) in [5.41, 5.74) is 8.60. The lowest BCUT2D eigenvalue weighted by atomic mass is 9.83. The molecule has 0 bridgehead atoms. The predicted octanol–water partition coefficient (Wildman–Crippen LogP) is 2.63. The van der Waals surface area contributed by atoms with Gasteiger partial charge in [0.15, 0.2) is 0 Å². The predicted molar refractivity (Wildman–Crippen MR) is 85.2 cm³/mol. The van der Waals surface area contributed by atoms with Gasteiger partial charge in [0.25, 0.3) is 0 Å². The van der Waals surface area contributed by atoms with Gasteiger partial charge in [-0.25, -0.2) is 0 Å². The molecule has 4 heteroatoms. The van der Waals surface area contributed by atoms with E-state index in [4.69, 9.17) is 5.73 Å². The van der Waals surface area contributed by atoms with Crippen LogP contribution in [0.3, 0.4) is 0 Å². The molecule has 3 atom stereocenters. The number of aryl methyl sites for hydroxylation is 1. The Morgan fingerprint density at radius 1 is 1.40 bits per heavy atom. The molecule has 20 heavy (non-hydrogen) atoms. The Kier molecular flexibility index (Phi) is 6.50. The van der Waals surface area contributed by atoms with E-state index >= 15 is 0 Å². The quantitative estimate of drug-likeness (QED) is 0.897. The number of halogens is 1. The zero-order valence-electron chi connectivity index (χ0n) is 12.3. The van der Waals surface area contributed by atoms with Crippen molar-refractivity contribution in [2.24, 2.45) is 11.7 Å². The van der Waals surface area contributed by atoms with Crippen molar-refractivity contribution in [3.8, 4) is 0 Å². The second-order valence-electron chi connectivity index (χ2n) is 5.68. The van der Waals surface area contributed by atoms with Crippen LogP contribution in [0.25, 0.3) is 0 Å². The molecule has 3 nitrogen and oxygen atoms in total. The van der Waals surface area contributed by atoms with Crippen molar-refractivity contribution in [2.75, 3.05) is 6.54 Å². The highest BCUT2D eigenvalue weighted by Gasteiger charge is 2.22. The molecule has 112 valence electrons. The number of nitrogens with one attached hydrogen (secondary N) is 1. The molecule has 1 aromatic carbocycles. The Hall–Kier alpha value is -1.06. The number of carbonyl (C=O) groups excluding carboxylic acids is 1. The molecule has 0 fully saturated rings. The SMILES string of the molecule is CC(N)C(C)C(=O)NCC1CCCc2ccccc21.Cl. The molecule has 3 unspecified atom stereocenters. The smallest absolute Gasteiger partial charge is 0.224 e. The fraction of sp³-hybridized carbons (Fsp3) is 0.562. The maximum Gasteiger partial charge on any atom is 0.224 e. The zero-order valence-corrected chi connectivity index (χ0v) is 13.1. The normalized spacial score (nSPS) is 20.2. The third-order valence-electron chi connectivity index (χ3n) is 4.22. The monoisotopic (exact) mass is 296 g/mol. The molecule has 0 saturated carbocycles. The minimum atomic E-state index is -0.126. The largest absolute Gasteiger partial charge is 0.355 e. The van der Waals surface area contributed by atoms with Crippen LogP contribution in [0.1, 0.15) is 43.7 Å². The van der Waals surface area contributed by atoms with Gasteiger partial charge in [-0.15, -0.1) is 12.4 Å². The van der Waals surface area contributed by atoms with Gasteiger partial charge in [-0.2, -0.15) is 0 Å². The van der Waals surface area contributed by atoms with E-state index in [-0.39, 0.29) is 30.3 Å². The first kappa shape index (κ1) is 17.0. The zero-order chi connectivity index (χ0) is 13.8. The Labute approximate surface area is 127 Å². The fourth-order valence-electron chi connectivity index (χ4n) is 2.69. The maximum absolute atomic E-state index is 11.9. The fourth-order valence-corrected chi connectivity index (χ4v) is 2.69. The van der Waals surface area contributed by atoms with Crippen LogP contribution in [0, 0.1) is 5.92 Å². The van der Waals surface area contributed by atoms with Crippen LogP contribution in [0.15, 0.2) is 24.3 Å².